The van der Waals surface area contributed by atoms with Gasteiger partial charge in [-0.15, -0.1) is 0 Å². The van der Waals surface area contributed by atoms with Crippen LogP contribution in [0.2, 0.25) is 0 Å². The van der Waals surface area contributed by atoms with Crippen molar-refractivity contribution in [1.29, 1.82) is 0 Å². The van der Waals surface area contributed by atoms with Gasteiger partial charge >= 0.3 is 0 Å². The van der Waals surface area contributed by atoms with Gasteiger partial charge in [0.25, 0.3) is 0 Å². The molecule has 4 nitrogen and oxygen atoms in total. The minimum Gasteiger partial charge on any atom is -0.308 e. The molecule has 0 radical (unpaired) electrons. The number of hydrogen-bond acceptors (Lipinski definition) is 4. The SMILES string of the molecule is CC1CCCCC1(N)N(c1ccccn1)c1ccccn1. The van der Waals surface area contributed by atoms with Gasteiger partial charge in [0.2, 0.25) is 0 Å². The first kappa shape index (κ1) is 14.0. The van der Waals surface area contributed by atoms with Crippen molar-refractivity contribution in [3.63, 3.8) is 0 Å². The Hall–Kier alpha value is -1.94. The van der Waals surface area contributed by atoms with E-state index < -0.39 is 5.66 Å². The highest BCUT2D eigenvalue weighted by Gasteiger charge is 2.41. The van der Waals surface area contributed by atoms with Gasteiger partial charge in [0.15, 0.2) is 0 Å². The molecule has 21 heavy (non-hydrogen) atoms. The smallest absolute Gasteiger partial charge is 0.135 e. The maximum atomic E-state index is 6.86. The number of anilines is 2. The van der Waals surface area contributed by atoms with Crippen LogP contribution >= 0.6 is 0 Å². The second-order valence-electron chi connectivity index (χ2n) is 5.85. The molecule has 0 saturated heterocycles. The maximum absolute atomic E-state index is 6.86. The second-order valence-corrected chi connectivity index (χ2v) is 5.85. The summed E-state index contributed by atoms with van der Waals surface area (Å²) < 4.78 is 0. The molecule has 3 rings (SSSR count). The van der Waals surface area contributed by atoms with Crippen LogP contribution < -0.4 is 10.6 Å². The van der Waals surface area contributed by atoms with Crippen molar-refractivity contribution >= 4 is 11.6 Å². The summed E-state index contributed by atoms with van der Waals surface area (Å²) in [4.78, 5) is 11.2. The van der Waals surface area contributed by atoms with Crippen LogP contribution in [0.4, 0.5) is 11.6 Å². The lowest BCUT2D eigenvalue weighted by molar-refractivity contribution is 0.208. The zero-order valence-electron chi connectivity index (χ0n) is 12.4. The van der Waals surface area contributed by atoms with E-state index in [0.29, 0.717) is 5.92 Å². The van der Waals surface area contributed by atoms with Gasteiger partial charge in [-0.05, 0) is 49.4 Å². The Kier molecular flexibility index (Phi) is 3.88. The lowest BCUT2D eigenvalue weighted by Gasteiger charge is -2.47. The van der Waals surface area contributed by atoms with Crippen molar-refractivity contribution in [3.05, 3.63) is 48.8 Å². The van der Waals surface area contributed by atoms with Crippen LogP contribution in [-0.2, 0) is 0 Å². The topological polar surface area (TPSA) is 55.0 Å². The fourth-order valence-corrected chi connectivity index (χ4v) is 3.20. The van der Waals surface area contributed by atoms with Crippen LogP contribution in [0, 0.1) is 5.92 Å². The summed E-state index contributed by atoms with van der Waals surface area (Å²) in [5, 5.41) is 0. The third-order valence-electron chi connectivity index (χ3n) is 4.49. The van der Waals surface area contributed by atoms with Gasteiger partial charge in [-0.3, -0.25) is 4.90 Å². The van der Waals surface area contributed by atoms with E-state index in [-0.39, 0.29) is 0 Å². The van der Waals surface area contributed by atoms with Crippen LogP contribution in [0.25, 0.3) is 0 Å². The molecule has 2 heterocycles. The zero-order chi connectivity index (χ0) is 14.7. The predicted molar refractivity (Wildman–Crippen MR) is 85.2 cm³/mol. The molecule has 0 amide bonds. The third kappa shape index (κ3) is 2.63. The lowest BCUT2D eigenvalue weighted by Crippen LogP contribution is -2.60. The summed E-state index contributed by atoms with van der Waals surface area (Å²) in [6, 6.07) is 11.8. The highest BCUT2D eigenvalue weighted by molar-refractivity contribution is 5.58. The number of nitrogens with zero attached hydrogens (tertiary/aromatic N) is 3. The number of pyridine rings is 2. The van der Waals surface area contributed by atoms with Crippen LogP contribution in [0.15, 0.2) is 48.8 Å². The van der Waals surface area contributed by atoms with Crippen LogP contribution in [0.3, 0.4) is 0 Å². The number of aromatic nitrogens is 2. The summed E-state index contributed by atoms with van der Waals surface area (Å²) in [6.45, 7) is 2.23. The number of rotatable bonds is 3. The zero-order valence-corrected chi connectivity index (χ0v) is 12.4. The maximum Gasteiger partial charge on any atom is 0.135 e. The standard InChI is InChI=1S/C17H22N4/c1-14-8-2-5-11-17(14,18)21(15-9-3-6-12-19-15)16-10-4-7-13-20-16/h3-4,6-7,9-10,12-14H,2,5,8,11,18H2,1H3. The van der Waals surface area contributed by atoms with Crippen LogP contribution in [-0.4, -0.2) is 15.6 Å². The Morgan fingerprint density at radius 1 is 1.05 bits per heavy atom. The van der Waals surface area contributed by atoms with Crippen molar-refractivity contribution in [3.8, 4) is 0 Å². The van der Waals surface area contributed by atoms with Gasteiger partial charge in [0.1, 0.15) is 11.6 Å². The largest absolute Gasteiger partial charge is 0.308 e. The molecule has 1 fully saturated rings. The first-order valence-corrected chi connectivity index (χ1v) is 7.63. The molecule has 2 aromatic heterocycles. The highest BCUT2D eigenvalue weighted by atomic mass is 15.3. The Balaban J connectivity index is 2.08. The van der Waals surface area contributed by atoms with Gasteiger partial charge in [0.05, 0.1) is 5.66 Å². The minimum atomic E-state index is -0.430. The Labute approximate surface area is 126 Å². The first-order valence-electron chi connectivity index (χ1n) is 7.63. The molecule has 1 aliphatic rings. The Morgan fingerprint density at radius 3 is 2.14 bits per heavy atom. The van der Waals surface area contributed by atoms with Crippen molar-refractivity contribution in [1.82, 2.24) is 9.97 Å². The van der Waals surface area contributed by atoms with E-state index in [1.54, 1.807) is 0 Å². The van der Waals surface area contributed by atoms with Crippen molar-refractivity contribution < 1.29 is 0 Å². The first-order chi connectivity index (χ1) is 10.2. The molecule has 0 spiro atoms. The van der Waals surface area contributed by atoms with Gasteiger partial charge in [-0.25, -0.2) is 9.97 Å². The van der Waals surface area contributed by atoms with Gasteiger partial charge in [-0.2, -0.15) is 0 Å². The average Bonchev–Trinajstić information content (AvgIpc) is 2.53. The fraction of sp³-hybridized carbons (Fsp3) is 0.412. The molecule has 0 aliphatic heterocycles. The molecular formula is C17H22N4. The monoisotopic (exact) mass is 282 g/mol. The van der Waals surface area contributed by atoms with E-state index in [1.807, 2.05) is 48.8 Å². The second kappa shape index (κ2) is 5.82. The quantitative estimate of drug-likeness (QED) is 0.876. The molecule has 2 N–H and O–H groups in total. The number of hydrogen-bond donors (Lipinski definition) is 1. The highest BCUT2D eigenvalue weighted by Crippen LogP contribution is 2.40. The lowest BCUT2D eigenvalue weighted by atomic mass is 9.79. The van der Waals surface area contributed by atoms with Gasteiger partial charge in [0, 0.05) is 12.4 Å². The molecule has 0 aromatic carbocycles. The average molecular weight is 282 g/mol. The minimum absolute atomic E-state index is 0.398. The molecule has 110 valence electrons. The summed E-state index contributed by atoms with van der Waals surface area (Å²) in [5.74, 6) is 2.13. The van der Waals surface area contributed by atoms with E-state index in [0.717, 1.165) is 30.9 Å². The van der Waals surface area contributed by atoms with Crippen molar-refractivity contribution in [2.45, 2.75) is 38.3 Å². The normalized spacial score (nSPS) is 25.5. The van der Waals surface area contributed by atoms with E-state index in [9.17, 15) is 0 Å². The van der Waals surface area contributed by atoms with E-state index in [4.69, 9.17) is 5.73 Å². The Bertz CT molecular complexity index is 532. The molecule has 2 aromatic rings. The van der Waals surface area contributed by atoms with Gasteiger partial charge in [-0.1, -0.05) is 25.5 Å². The summed E-state index contributed by atoms with van der Waals surface area (Å²) >= 11 is 0. The van der Waals surface area contributed by atoms with E-state index in [1.165, 1.54) is 6.42 Å². The molecule has 2 unspecified atom stereocenters. The third-order valence-corrected chi connectivity index (χ3v) is 4.49. The summed E-state index contributed by atoms with van der Waals surface area (Å²) in [6.07, 6.45) is 8.12. The fourth-order valence-electron chi connectivity index (χ4n) is 3.20. The molecular weight excluding hydrogens is 260 g/mol. The van der Waals surface area contributed by atoms with Crippen molar-refractivity contribution in [2.24, 2.45) is 11.7 Å². The summed E-state index contributed by atoms with van der Waals surface area (Å²) in [7, 11) is 0. The Morgan fingerprint density at radius 2 is 1.67 bits per heavy atom. The molecule has 4 heteroatoms. The molecule has 2 atom stereocenters. The molecule has 0 bridgehead atoms. The molecule has 1 aliphatic carbocycles. The van der Waals surface area contributed by atoms with Crippen molar-refractivity contribution in [2.75, 3.05) is 4.90 Å². The van der Waals surface area contributed by atoms with E-state index >= 15 is 0 Å². The molecule has 1 saturated carbocycles. The number of nitrogens with two attached hydrogens (primary N) is 1. The van der Waals surface area contributed by atoms with Crippen LogP contribution in [0.1, 0.15) is 32.6 Å². The predicted octanol–water partition coefficient (Wildman–Crippen LogP) is 3.48. The van der Waals surface area contributed by atoms with Gasteiger partial charge < -0.3 is 5.73 Å². The van der Waals surface area contributed by atoms with E-state index in [2.05, 4.69) is 21.8 Å². The van der Waals surface area contributed by atoms with Crippen LogP contribution in [0.5, 0.6) is 0 Å². The summed E-state index contributed by atoms with van der Waals surface area (Å²) in [5.41, 5.74) is 6.43.